The van der Waals surface area contributed by atoms with E-state index in [0.717, 1.165) is 25.5 Å². The van der Waals surface area contributed by atoms with Crippen molar-refractivity contribution < 1.29 is 4.79 Å². The van der Waals surface area contributed by atoms with E-state index in [2.05, 4.69) is 37.7 Å². The second kappa shape index (κ2) is 6.50. The van der Waals surface area contributed by atoms with Crippen LogP contribution < -0.4 is 5.32 Å². The molecule has 6 heteroatoms. The lowest BCUT2D eigenvalue weighted by molar-refractivity contribution is 0.0938. The number of amides is 1. The lowest BCUT2D eigenvalue weighted by atomic mass is 10.1. The zero-order chi connectivity index (χ0) is 16.4. The summed E-state index contributed by atoms with van der Waals surface area (Å²) in [6, 6.07) is 4.33. The molecule has 0 radical (unpaired) electrons. The first-order valence-corrected chi connectivity index (χ1v) is 8.05. The predicted octanol–water partition coefficient (Wildman–Crippen LogP) is 1.99. The fraction of sp³-hybridized carbons (Fsp3) is 0.471. The van der Waals surface area contributed by atoms with Crippen molar-refractivity contribution in [2.45, 2.75) is 45.9 Å². The Morgan fingerprint density at radius 1 is 1.43 bits per heavy atom. The number of imidazole rings is 1. The number of hydrogen-bond donors (Lipinski definition) is 1. The molecule has 23 heavy (non-hydrogen) atoms. The summed E-state index contributed by atoms with van der Waals surface area (Å²) >= 11 is 0. The van der Waals surface area contributed by atoms with Crippen LogP contribution in [0.5, 0.6) is 0 Å². The van der Waals surface area contributed by atoms with E-state index in [1.165, 1.54) is 5.56 Å². The van der Waals surface area contributed by atoms with E-state index < -0.39 is 0 Å². The summed E-state index contributed by atoms with van der Waals surface area (Å²) in [4.78, 5) is 23.3. The van der Waals surface area contributed by atoms with E-state index in [9.17, 15) is 4.79 Å². The van der Waals surface area contributed by atoms with E-state index in [4.69, 9.17) is 0 Å². The third-order valence-electron chi connectivity index (χ3n) is 4.12. The lowest BCUT2D eigenvalue weighted by Crippen LogP contribution is -2.36. The number of hydrogen-bond acceptors (Lipinski definition) is 4. The van der Waals surface area contributed by atoms with Crippen molar-refractivity contribution in [3.05, 3.63) is 47.8 Å². The molecule has 0 unspecified atom stereocenters. The molecule has 122 valence electrons. The van der Waals surface area contributed by atoms with E-state index in [0.29, 0.717) is 5.69 Å². The molecular weight excluding hydrogens is 290 g/mol. The molecule has 2 aromatic rings. The van der Waals surface area contributed by atoms with Crippen LogP contribution in [0.25, 0.3) is 0 Å². The topological polar surface area (TPSA) is 63.1 Å². The van der Waals surface area contributed by atoms with Crippen molar-refractivity contribution in [2.24, 2.45) is 0 Å². The van der Waals surface area contributed by atoms with Crippen molar-refractivity contribution in [3.8, 4) is 0 Å². The van der Waals surface area contributed by atoms with Crippen LogP contribution in [0.15, 0.2) is 30.7 Å². The summed E-state index contributed by atoms with van der Waals surface area (Å²) in [6.45, 7) is 8.67. The third kappa shape index (κ3) is 3.42. The Kier molecular flexibility index (Phi) is 4.43. The summed E-state index contributed by atoms with van der Waals surface area (Å²) in [5.74, 6) is 0.849. The molecular formula is C17H23N5O. The second-order valence-electron chi connectivity index (χ2n) is 6.31. The first kappa shape index (κ1) is 15.7. The van der Waals surface area contributed by atoms with Crippen molar-refractivity contribution >= 4 is 5.91 Å². The molecule has 0 spiro atoms. The number of pyridine rings is 1. The molecule has 0 fully saturated rings. The van der Waals surface area contributed by atoms with Gasteiger partial charge in [-0.3, -0.25) is 14.7 Å². The van der Waals surface area contributed by atoms with Gasteiger partial charge in [0.05, 0.1) is 6.04 Å². The Balaban J connectivity index is 1.76. The van der Waals surface area contributed by atoms with Gasteiger partial charge in [0.15, 0.2) is 0 Å². The minimum atomic E-state index is -0.104. The first-order chi connectivity index (χ1) is 11.0. The normalized spacial score (nSPS) is 18.0. The minimum Gasteiger partial charge on any atom is -0.348 e. The zero-order valence-electron chi connectivity index (χ0n) is 13.9. The van der Waals surface area contributed by atoms with Gasteiger partial charge in [-0.1, -0.05) is 6.07 Å². The molecule has 1 N–H and O–H groups in total. The molecule has 0 saturated heterocycles. The van der Waals surface area contributed by atoms with E-state index in [1.807, 2.05) is 32.3 Å². The molecule has 0 aliphatic carbocycles. The maximum Gasteiger partial charge on any atom is 0.271 e. The Morgan fingerprint density at radius 3 is 2.96 bits per heavy atom. The van der Waals surface area contributed by atoms with Gasteiger partial charge in [0.1, 0.15) is 11.5 Å². The average Bonchev–Trinajstić information content (AvgIpc) is 2.96. The minimum absolute atomic E-state index is 0.104. The molecule has 1 aliphatic rings. The largest absolute Gasteiger partial charge is 0.348 e. The summed E-state index contributed by atoms with van der Waals surface area (Å²) in [5.41, 5.74) is 1.70. The van der Waals surface area contributed by atoms with Crippen LogP contribution in [0, 0.1) is 0 Å². The predicted molar refractivity (Wildman–Crippen MR) is 87.9 cm³/mol. The third-order valence-corrected chi connectivity index (χ3v) is 4.12. The molecule has 1 atom stereocenters. The fourth-order valence-corrected chi connectivity index (χ4v) is 2.92. The number of nitrogens with one attached hydrogen (secondary N) is 1. The fourth-order valence-electron chi connectivity index (χ4n) is 2.92. The van der Waals surface area contributed by atoms with Crippen LogP contribution in [0.2, 0.25) is 0 Å². The Labute approximate surface area is 136 Å². The van der Waals surface area contributed by atoms with Crippen LogP contribution in [0.3, 0.4) is 0 Å². The molecule has 3 rings (SSSR count). The quantitative estimate of drug-likeness (QED) is 0.937. The van der Waals surface area contributed by atoms with Crippen molar-refractivity contribution in [1.29, 1.82) is 0 Å². The highest BCUT2D eigenvalue weighted by Crippen LogP contribution is 2.26. The van der Waals surface area contributed by atoms with Crippen LogP contribution >= 0.6 is 0 Å². The van der Waals surface area contributed by atoms with Gasteiger partial charge in [-0.2, -0.15) is 0 Å². The molecule has 3 heterocycles. The molecule has 0 bridgehead atoms. The number of fused-ring (bicyclic) bond motifs is 1. The first-order valence-electron chi connectivity index (χ1n) is 8.05. The summed E-state index contributed by atoms with van der Waals surface area (Å²) in [7, 11) is 0. The summed E-state index contributed by atoms with van der Waals surface area (Å²) < 4.78 is 2.10. The number of carbonyl (C=O) groups excluding carboxylic acids is 1. The number of aromatic nitrogens is 3. The van der Waals surface area contributed by atoms with E-state index in [1.54, 1.807) is 6.20 Å². The Morgan fingerprint density at radius 2 is 2.26 bits per heavy atom. The van der Waals surface area contributed by atoms with Crippen molar-refractivity contribution in [3.63, 3.8) is 0 Å². The molecule has 1 amide bonds. The highest BCUT2D eigenvalue weighted by molar-refractivity contribution is 5.92. The van der Waals surface area contributed by atoms with Crippen LogP contribution in [0.1, 0.15) is 48.7 Å². The monoisotopic (exact) mass is 313 g/mol. The van der Waals surface area contributed by atoms with Gasteiger partial charge in [0, 0.05) is 44.3 Å². The smallest absolute Gasteiger partial charge is 0.271 e. The maximum atomic E-state index is 12.1. The standard InChI is InChI=1S/C17H23N5O/c1-12(2)19-17(23)15-11-22-8-7-21(13(3)16(22)20-15)10-14-5-4-6-18-9-14/h4-6,9,11-13H,7-8,10H2,1-3H3,(H,19,23)/t13-/m1/s1. The van der Waals surface area contributed by atoms with E-state index in [-0.39, 0.29) is 18.0 Å². The highest BCUT2D eigenvalue weighted by atomic mass is 16.1. The zero-order valence-corrected chi connectivity index (χ0v) is 13.9. The van der Waals surface area contributed by atoms with Gasteiger partial charge in [-0.15, -0.1) is 0 Å². The van der Waals surface area contributed by atoms with Crippen LogP contribution in [0.4, 0.5) is 0 Å². The number of carbonyl (C=O) groups is 1. The average molecular weight is 313 g/mol. The number of nitrogens with zero attached hydrogens (tertiary/aromatic N) is 4. The van der Waals surface area contributed by atoms with Gasteiger partial charge in [0.2, 0.25) is 0 Å². The molecule has 2 aromatic heterocycles. The van der Waals surface area contributed by atoms with Gasteiger partial charge in [0.25, 0.3) is 5.91 Å². The Bertz CT molecular complexity index is 680. The Hall–Kier alpha value is -2.21. The maximum absolute atomic E-state index is 12.1. The highest BCUT2D eigenvalue weighted by Gasteiger charge is 2.27. The van der Waals surface area contributed by atoms with Gasteiger partial charge >= 0.3 is 0 Å². The molecule has 1 aliphatic heterocycles. The van der Waals surface area contributed by atoms with Gasteiger partial charge in [-0.05, 0) is 32.4 Å². The van der Waals surface area contributed by atoms with Crippen molar-refractivity contribution in [2.75, 3.05) is 6.54 Å². The van der Waals surface area contributed by atoms with Gasteiger partial charge in [-0.25, -0.2) is 4.98 Å². The SMILES string of the molecule is CC(C)NC(=O)c1cn2c(n1)[C@@H](C)N(Cc1cccnc1)CC2. The summed E-state index contributed by atoms with van der Waals surface area (Å²) in [6.07, 6.45) is 5.55. The van der Waals surface area contributed by atoms with Crippen LogP contribution in [-0.2, 0) is 13.1 Å². The molecule has 0 aromatic carbocycles. The van der Waals surface area contributed by atoms with Crippen LogP contribution in [-0.4, -0.2) is 37.9 Å². The number of rotatable bonds is 4. The molecule has 0 saturated carbocycles. The molecule has 6 nitrogen and oxygen atoms in total. The second-order valence-corrected chi connectivity index (χ2v) is 6.31. The lowest BCUT2D eigenvalue weighted by Gasteiger charge is -2.33. The van der Waals surface area contributed by atoms with E-state index >= 15 is 0 Å². The summed E-state index contributed by atoms with van der Waals surface area (Å²) in [5, 5.41) is 2.90. The van der Waals surface area contributed by atoms with Crippen molar-refractivity contribution in [1.82, 2.24) is 24.8 Å². The van der Waals surface area contributed by atoms with Gasteiger partial charge < -0.3 is 9.88 Å².